The first-order valence-corrected chi connectivity index (χ1v) is 9.16. The molecule has 0 fully saturated rings. The molecule has 0 aliphatic rings. The molecule has 0 N–H and O–H groups in total. The maximum Gasteiger partial charge on any atom is 0.195 e. The Hall–Kier alpha value is -3.18. The van der Waals surface area contributed by atoms with Crippen LogP contribution in [0.15, 0.2) is 65.3 Å². The van der Waals surface area contributed by atoms with Gasteiger partial charge in [-0.05, 0) is 30.7 Å². The zero-order valence-corrected chi connectivity index (χ0v) is 14.9. The van der Waals surface area contributed by atoms with E-state index in [9.17, 15) is 0 Å². The van der Waals surface area contributed by atoms with Gasteiger partial charge in [-0.15, -0.1) is 0 Å². The molecule has 5 rings (SSSR count). The van der Waals surface area contributed by atoms with Crippen LogP contribution < -0.4 is 0 Å². The average Bonchev–Trinajstić information content (AvgIpc) is 3.34. The number of aromatic nitrogens is 3. The van der Waals surface area contributed by atoms with Crippen LogP contribution in [0.5, 0.6) is 0 Å². The lowest BCUT2D eigenvalue weighted by atomic mass is 10.1. The first kappa shape index (κ1) is 15.1. The third-order valence-electron chi connectivity index (χ3n) is 4.30. The molecule has 3 heterocycles. The van der Waals surface area contributed by atoms with Crippen molar-refractivity contribution < 1.29 is 4.52 Å². The van der Waals surface area contributed by atoms with Crippen LogP contribution in [0.2, 0.25) is 0 Å². The standard InChI is InChI=1S/C21H15N3OS/c1-14-12-17(23-25-14)11-8-15-6-9-16(10-7-15)18-13-24-19-4-2-3-5-20(19)26-21(24)22-18/h2-13H,1H3. The first-order chi connectivity index (χ1) is 12.8. The fourth-order valence-corrected chi connectivity index (χ4v) is 4.01. The number of benzene rings is 2. The topological polar surface area (TPSA) is 43.3 Å². The van der Waals surface area contributed by atoms with Crippen molar-refractivity contribution in [3.63, 3.8) is 0 Å². The molecule has 5 heteroatoms. The number of rotatable bonds is 3. The molecule has 5 aromatic rings. The minimum Gasteiger partial charge on any atom is -0.361 e. The molecule has 0 unspecified atom stereocenters. The zero-order valence-electron chi connectivity index (χ0n) is 14.1. The van der Waals surface area contributed by atoms with Crippen molar-refractivity contribution in [2.75, 3.05) is 0 Å². The van der Waals surface area contributed by atoms with Crippen LogP contribution in [0.25, 0.3) is 38.6 Å². The molecule has 4 nitrogen and oxygen atoms in total. The van der Waals surface area contributed by atoms with Gasteiger partial charge in [0.2, 0.25) is 0 Å². The molecule has 0 saturated heterocycles. The molecule has 0 amide bonds. The summed E-state index contributed by atoms with van der Waals surface area (Å²) in [6.07, 6.45) is 6.09. The van der Waals surface area contributed by atoms with Crippen LogP contribution >= 0.6 is 11.3 Å². The molecule has 0 aliphatic carbocycles. The van der Waals surface area contributed by atoms with Crippen LogP contribution in [0.3, 0.4) is 0 Å². The molecular weight excluding hydrogens is 342 g/mol. The van der Waals surface area contributed by atoms with Crippen LogP contribution in [-0.4, -0.2) is 14.5 Å². The van der Waals surface area contributed by atoms with E-state index in [1.54, 1.807) is 11.3 Å². The highest BCUT2D eigenvalue weighted by Crippen LogP contribution is 2.29. The maximum absolute atomic E-state index is 5.07. The Balaban J connectivity index is 1.45. The molecule has 0 saturated carbocycles. The number of para-hydroxylation sites is 1. The van der Waals surface area contributed by atoms with Gasteiger partial charge >= 0.3 is 0 Å². The lowest BCUT2D eigenvalue weighted by Crippen LogP contribution is -1.79. The van der Waals surface area contributed by atoms with Gasteiger partial charge in [-0.1, -0.05) is 59.0 Å². The number of aryl methyl sites for hydroxylation is 1. The summed E-state index contributed by atoms with van der Waals surface area (Å²) in [5.74, 6) is 0.812. The summed E-state index contributed by atoms with van der Waals surface area (Å²) in [4.78, 5) is 5.81. The lowest BCUT2D eigenvalue weighted by molar-refractivity contribution is 0.396. The Kier molecular flexibility index (Phi) is 3.47. The van der Waals surface area contributed by atoms with Gasteiger partial charge < -0.3 is 4.52 Å². The third kappa shape index (κ3) is 2.62. The molecule has 0 aliphatic heterocycles. The second-order valence-electron chi connectivity index (χ2n) is 6.17. The molecule has 0 atom stereocenters. The Morgan fingerprint density at radius 2 is 1.88 bits per heavy atom. The zero-order chi connectivity index (χ0) is 17.5. The monoisotopic (exact) mass is 357 g/mol. The van der Waals surface area contributed by atoms with Gasteiger partial charge in [0.05, 0.1) is 15.9 Å². The quantitative estimate of drug-likeness (QED) is 0.417. The van der Waals surface area contributed by atoms with Crippen molar-refractivity contribution in [1.82, 2.24) is 14.5 Å². The highest BCUT2D eigenvalue weighted by Gasteiger charge is 2.09. The van der Waals surface area contributed by atoms with E-state index in [4.69, 9.17) is 9.51 Å². The Morgan fingerprint density at radius 1 is 1.04 bits per heavy atom. The number of fused-ring (bicyclic) bond motifs is 3. The van der Waals surface area contributed by atoms with Crippen LogP contribution in [0.4, 0.5) is 0 Å². The van der Waals surface area contributed by atoms with Gasteiger partial charge in [-0.2, -0.15) is 0 Å². The highest BCUT2D eigenvalue weighted by atomic mass is 32.1. The van der Waals surface area contributed by atoms with Gasteiger partial charge in [0.25, 0.3) is 0 Å². The number of thiazole rings is 1. The number of hydrogen-bond acceptors (Lipinski definition) is 4. The summed E-state index contributed by atoms with van der Waals surface area (Å²) in [5, 5.41) is 3.97. The van der Waals surface area contributed by atoms with Crippen molar-refractivity contribution in [3.05, 3.63) is 77.8 Å². The van der Waals surface area contributed by atoms with Gasteiger partial charge in [0.15, 0.2) is 4.96 Å². The molecule has 126 valence electrons. The molecule has 0 spiro atoms. The third-order valence-corrected chi connectivity index (χ3v) is 5.33. The average molecular weight is 357 g/mol. The van der Waals surface area contributed by atoms with Gasteiger partial charge in [-0.25, -0.2) is 4.98 Å². The van der Waals surface area contributed by atoms with Crippen molar-refractivity contribution in [1.29, 1.82) is 0 Å². The summed E-state index contributed by atoms with van der Waals surface area (Å²) < 4.78 is 8.49. The normalized spacial score (nSPS) is 11.9. The second-order valence-corrected chi connectivity index (χ2v) is 7.18. The van der Waals surface area contributed by atoms with E-state index >= 15 is 0 Å². The van der Waals surface area contributed by atoms with E-state index < -0.39 is 0 Å². The lowest BCUT2D eigenvalue weighted by Gasteiger charge is -1.98. The van der Waals surface area contributed by atoms with Gasteiger partial charge in [0.1, 0.15) is 11.5 Å². The summed E-state index contributed by atoms with van der Waals surface area (Å²) >= 11 is 1.71. The fraction of sp³-hybridized carbons (Fsp3) is 0.0476. The van der Waals surface area contributed by atoms with E-state index in [1.807, 2.05) is 25.1 Å². The summed E-state index contributed by atoms with van der Waals surface area (Å²) in [5.41, 5.74) is 5.24. The maximum atomic E-state index is 5.07. The first-order valence-electron chi connectivity index (χ1n) is 8.35. The Bertz CT molecular complexity index is 1240. The molecule has 0 radical (unpaired) electrons. The highest BCUT2D eigenvalue weighted by molar-refractivity contribution is 7.23. The minimum absolute atomic E-state index is 0.812. The van der Waals surface area contributed by atoms with Crippen molar-refractivity contribution in [2.24, 2.45) is 0 Å². The van der Waals surface area contributed by atoms with Crippen LogP contribution in [0, 0.1) is 6.92 Å². The van der Waals surface area contributed by atoms with E-state index in [1.165, 1.54) is 10.2 Å². The van der Waals surface area contributed by atoms with Gasteiger partial charge in [-0.3, -0.25) is 4.40 Å². The second kappa shape index (κ2) is 5.97. The van der Waals surface area contributed by atoms with E-state index in [0.29, 0.717) is 0 Å². The van der Waals surface area contributed by atoms with Crippen molar-refractivity contribution >= 4 is 38.7 Å². The summed E-state index contributed by atoms with van der Waals surface area (Å²) in [6.45, 7) is 1.89. The van der Waals surface area contributed by atoms with Gasteiger partial charge in [0, 0.05) is 17.8 Å². The SMILES string of the molecule is Cc1cc(C=Cc2ccc(-c3cn4c(n3)sc3ccccc34)cc2)no1. The predicted octanol–water partition coefficient (Wildman–Crippen LogP) is 5.68. The van der Waals surface area contributed by atoms with Crippen LogP contribution in [-0.2, 0) is 0 Å². The molecule has 0 bridgehead atoms. The van der Waals surface area contributed by atoms with E-state index in [-0.39, 0.29) is 0 Å². The predicted molar refractivity (Wildman–Crippen MR) is 106 cm³/mol. The fourth-order valence-electron chi connectivity index (χ4n) is 3.00. The van der Waals surface area contributed by atoms with Crippen molar-refractivity contribution in [3.8, 4) is 11.3 Å². The number of nitrogens with zero attached hydrogens (tertiary/aromatic N) is 3. The Labute approximate surface area is 154 Å². The van der Waals surface area contributed by atoms with E-state index in [0.717, 1.165) is 33.2 Å². The smallest absolute Gasteiger partial charge is 0.195 e. The number of hydrogen-bond donors (Lipinski definition) is 0. The molecule has 3 aromatic heterocycles. The van der Waals surface area contributed by atoms with Crippen LogP contribution in [0.1, 0.15) is 17.0 Å². The number of imidazole rings is 1. The molecular formula is C21H15N3OS. The summed E-state index contributed by atoms with van der Waals surface area (Å²) in [7, 11) is 0. The molecule has 26 heavy (non-hydrogen) atoms. The Morgan fingerprint density at radius 3 is 2.69 bits per heavy atom. The summed E-state index contributed by atoms with van der Waals surface area (Å²) in [6, 6.07) is 18.7. The van der Waals surface area contributed by atoms with Crippen molar-refractivity contribution in [2.45, 2.75) is 6.92 Å². The molecule has 2 aromatic carbocycles. The van der Waals surface area contributed by atoms with E-state index in [2.05, 4.69) is 64.3 Å². The largest absolute Gasteiger partial charge is 0.361 e. The minimum atomic E-state index is 0.812.